The van der Waals surface area contributed by atoms with E-state index in [0.717, 1.165) is 147 Å². The molecule has 2 amide bonds. The van der Waals surface area contributed by atoms with Crippen molar-refractivity contribution in [3.63, 3.8) is 0 Å². The number of ether oxygens (including phenoxy) is 1. The van der Waals surface area contributed by atoms with Crippen LogP contribution in [0.3, 0.4) is 0 Å². The van der Waals surface area contributed by atoms with Gasteiger partial charge in [-0.05, 0) is 134 Å². The van der Waals surface area contributed by atoms with Crippen molar-refractivity contribution in [1.29, 1.82) is 5.26 Å². The van der Waals surface area contributed by atoms with Gasteiger partial charge in [0, 0.05) is 77.7 Å². The Kier molecular flexibility index (Phi) is 32.1. The number of thioether (sulfide) groups is 6. The molecule has 0 unspecified atom stereocenters. The highest BCUT2D eigenvalue weighted by Crippen LogP contribution is 2.36. The second-order valence-corrected chi connectivity index (χ2v) is 35.7. The van der Waals surface area contributed by atoms with E-state index in [4.69, 9.17) is 29.6 Å². The molecule has 6 aromatic heterocycles. The molecule has 3 aliphatic rings. The topological polar surface area (TPSA) is 241 Å². The molecule has 29 heteroatoms. The lowest BCUT2D eigenvalue weighted by Crippen LogP contribution is -2.39. The molecule has 2 saturated heterocycles. The lowest BCUT2D eigenvalue weighted by Gasteiger charge is -2.30. The lowest BCUT2D eigenvalue weighted by atomic mass is 9.99. The summed E-state index contributed by atoms with van der Waals surface area (Å²) in [5.74, 6) is 8.89. The highest BCUT2D eigenvalue weighted by molar-refractivity contribution is 8.03. The summed E-state index contributed by atoms with van der Waals surface area (Å²) >= 11 is 21.2. The van der Waals surface area contributed by atoms with Crippen LogP contribution >= 0.6 is 116 Å². The Hall–Kier alpha value is -7.17. The molecule has 0 bridgehead atoms. The number of aromatic nitrogens is 9. The van der Waals surface area contributed by atoms with Gasteiger partial charge in [0.15, 0.2) is 13.0 Å². The lowest BCUT2D eigenvalue weighted by molar-refractivity contribution is -0.124. The maximum absolute atomic E-state index is 12.3. The number of halogens is 1. The molecule has 14 rings (SSSR count). The summed E-state index contributed by atoms with van der Waals surface area (Å²) in [7, 11) is 0. The fraction of sp³-hybridized carbons (Fsp3) is 0.377. The van der Waals surface area contributed by atoms with Crippen LogP contribution in [0.1, 0.15) is 128 Å². The van der Waals surface area contributed by atoms with Gasteiger partial charge in [0.2, 0.25) is 16.9 Å². The number of piperidine rings is 1. The predicted octanol–water partition coefficient (Wildman–Crippen LogP) is 20.5. The quantitative estimate of drug-likeness (QED) is 0.0354. The molecule has 554 valence electrons. The summed E-state index contributed by atoms with van der Waals surface area (Å²) in [5.41, 5.74) is 9.27. The van der Waals surface area contributed by atoms with Gasteiger partial charge in [0.1, 0.15) is 12.4 Å². The number of anilines is 1. The Morgan fingerprint density at radius 2 is 1.33 bits per heavy atom. The van der Waals surface area contributed by atoms with Crippen LogP contribution in [0.15, 0.2) is 187 Å². The number of thiazole rings is 1. The van der Waals surface area contributed by atoms with Crippen molar-refractivity contribution >= 4 is 133 Å². The van der Waals surface area contributed by atoms with Crippen molar-refractivity contribution in [1.82, 2.24) is 56.0 Å². The first-order valence-corrected chi connectivity index (χ1v) is 44.1. The molecule has 1 N–H and O–H groups in total. The first-order chi connectivity index (χ1) is 51.8. The maximum Gasteiger partial charge on any atom is 0.410 e. The van der Waals surface area contributed by atoms with Crippen molar-refractivity contribution in [3.05, 3.63) is 200 Å². The number of rotatable bonds is 28. The number of nitrogens with zero attached hydrogens (tertiary/aromatic N) is 12. The van der Waals surface area contributed by atoms with Gasteiger partial charge in [-0.3, -0.25) is 4.79 Å². The van der Waals surface area contributed by atoms with Gasteiger partial charge in [-0.1, -0.05) is 229 Å². The summed E-state index contributed by atoms with van der Waals surface area (Å²) in [6.07, 6.45) is 12.0. The highest BCUT2D eigenvalue weighted by atomic mass is 35.5. The third-order valence-electron chi connectivity index (χ3n) is 17.3. The van der Waals surface area contributed by atoms with E-state index in [1.54, 1.807) is 80.5 Å². The fourth-order valence-electron chi connectivity index (χ4n) is 11.4. The molecule has 3 fully saturated rings. The van der Waals surface area contributed by atoms with Crippen LogP contribution in [0.5, 0.6) is 0 Å². The average molecular weight is 1610 g/mol. The standard InChI is InChI=1S/C21H16N4OS2.C21H23N3O4S.C20H27N3OS3.C15H18ClN3S3/c1-14-23-18(13-27-14)10-20-24-25-21(26-20)28-12-15-6-8-16(9-7-15)19-5-3-2-4-17(19)11-22;1-15-18(9-12-26-15)19-22-23-20(28-19)29-14-17-7-10-24(11-8-17)21(25)27-13-16-5-3-2-4-6-16;1-14(2)16-9-7-15(8-10-16)13-26-20-23-22-19(27-20)25-12-11-21-18(24)17-5-3-4-6-17;16-12-6-1-2-7-13(12)20-10-5-11-21-15-18-17-14(22-15)19-8-3-4-9-19/h2-9,13H,10,12H2,1H3;2-6,9,12,17H,7-8,10-11,13-14H2,1H3;7-10,14,17H,3-6,11-13H2,1-2H3,(H,21,24);1-2,6-7H,3-5,8-11H2. The summed E-state index contributed by atoms with van der Waals surface area (Å²) in [4.78, 5) is 34.0. The molecule has 1 saturated carbocycles. The van der Waals surface area contributed by atoms with Crippen LogP contribution in [0.4, 0.5) is 9.93 Å². The number of carbonyl (C=O) groups is 2. The minimum Gasteiger partial charge on any atom is -0.469 e. The number of benzene rings is 5. The molecule has 5 aromatic carbocycles. The van der Waals surface area contributed by atoms with Gasteiger partial charge < -0.3 is 33.1 Å². The van der Waals surface area contributed by atoms with Gasteiger partial charge in [-0.25, -0.2) is 9.78 Å². The number of carbonyl (C=O) groups excluding carboxylic acids is 2. The molecule has 8 heterocycles. The number of aryl methyl sites for hydroxylation is 2. The Bertz CT molecular complexity index is 4510. The summed E-state index contributed by atoms with van der Waals surface area (Å²) in [5, 5.41) is 52.0. The monoisotopic (exact) mass is 1610 g/mol. The van der Waals surface area contributed by atoms with Crippen molar-refractivity contribution in [2.75, 3.05) is 60.6 Å². The van der Waals surface area contributed by atoms with Crippen molar-refractivity contribution in [2.24, 2.45) is 11.8 Å². The van der Waals surface area contributed by atoms with E-state index in [9.17, 15) is 14.9 Å². The number of furan rings is 1. The number of amides is 2. The number of likely N-dealkylation sites (tertiary alicyclic amines) is 1. The van der Waals surface area contributed by atoms with E-state index in [1.165, 1.54) is 53.5 Å². The molecule has 11 aromatic rings. The van der Waals surface area contributed by atoms with E-state index < -0.39 is 0 Å². The van der Waals surface area contributed by atoms with Crippen LogP contribution in [0.2, 0.25) is 5.02 Å². The zero-order valence-electron chi connectivity index (χ0n) is 59.5. The second kappa shape index (κ2) is 42.5. The summed E-state index contributed by atoms with van der Waals surface area (Å²) in [6, 6.07) is 46.5. The Morgan fingerprint density at radius 3 is 2.06 bits per heavy atom. The van der Waals surface area contributed by atoms with Gasteiger partial charge >= 0.3 is 6.09 Å². The van der Waals surface area contributed by atoms with Crippen molar-refractivity contribution in [3.8, 4) is 28.7 Å². The van der Waals surface area contributed by atoms with E-state index in [-0.39, 0.29) is 17.9 Å². The number of nitrogens with one attached hydrogen (secondary N) is 1. The number of hydrogen-bond acceptors (Lipinski definition) is 26. The minimum atomic E-state index is -0.239. The highest BCUT2D eigenvalue weighted by Gasteiger charge is 2.26. The van der Waals surface area contributed by atoms with Crippen LogP contribution in [-0.4, -0.2) is 118 Å². The Labute approximate surface area is 662 Å². The molecule has 0 radical (unpaired) electrons. The van der Waals surface area contributed by atoms with Crippen LogP contribution in [0, 0.1) is 37.0 Å². The average Bonchev–Trinajstić information content (AvgIpc) is 1.44. The van der Waals surface area contributed by atoms with Crippen LogP contribution in [0.25, 0.3) is 22.6 Å². The third-order valence-corrected chi connectivity index (χ3v) is 27.1. The van der Waals surface area contributed by atoms with E-state index >= 15 is 0 Å². The summed E-state index contributed by atoms with van der Waals surface area (Å²) in [6.45, 7) is 13.0. The zero-order chi connectivity index (χ0) is 73.7. The molecular weight excluding hydrogens is 1530 g/mol. The van der Waals surface area contributed by atoms with E-state index in [0.29, 0.717) is 72.3 Å². The Balaban J connectivity index is 0.000000142. The maximum atomic E-state index is 12.3. The molecule has 19 nitrogen and oxygen atoms in total. The number of nitriles is 1. The predicted molar refractivity (Wildman–Crippen MR) is 433 cm³/mol. The Morgan fingerprint density at radius 1 is 0.660 bits per heavy atom. The smallest absolute Gasteiger partial charge is 0.410 e. The van der Waals surface area contributed by atoms with Crippen molar-refractivity contribution in [2.45, 2.75) is 144 Å². The molecule has 1 aliphatic carbocycles. The van der Waals surface area contributed by atoms with E-state index in [2.05, 4.69) is 118 Å². The number of hydrogen-bond donors (Lipinski definition) is 1. The molecular formula is C77H84ClN13O6S9. The molecule has 106 heavy (non-hydrogen) atoms. The van der Waals surface area contributed by atoms with Crippen LogP contribution in [-0.2, 0) is 34.1 Å². The van der Waals surface area contributed by atoms with E-state index in [1.807, 2.05) is 134 Å². The molecule has 0 spiro atoms. The van der Waals surface area contributed by atoms with Gasteiger partial charge in [-0.15, -0.1) is 63.9 Å². The SMILES string of the molecule is CC(C)c1ccc(CSc2nnc(SCCNC(=O)C3CCCC3)s2)cc1.Cc1nc(Cc2nnc(SCc3ccc(-c4ccccc4C#N)cc3)o2)cs1.Cc1occc1-c1nnc(SCC2CCN(C(=O)OCc3ccccc3)CC2)o1.Clc1ccccc1SCCCSc1nnc(N2CCCC2)s1. The van der Waals surface area contributed by atoms with Crippen LogP contribution < -0.4 is 10.2 Å². The largest absolute Gasteiger partial charge is 0.469 e. The molecule has 0 atom stereocenters. The van der Waals surface area contributed by atoms with Crippen molar-refractivity contribution < 1.29 is 27.6 Å². The normalized spacial score (nSPS) is 13.7. The fourth-order valence-corrected chi connectivity index (χ4v) is 19.9. The third kappa shape index (κ3) is 25.5. The van der Waals surface area contributed by atoms with Gasteiger partial charge in [0.05, 0.1) is 45.6 Å². The minimum absolute atomic E-state index is 0.227. The first kappa shape index (κ1) is 79.9. The molecule has 2 aliphatic heterocycles. The first-order valence-electron chi connectivity index (χ1n) is 35.3. The van der Waals surface area contributed by atoms with Gasteiger partial charge in [-0.2, -0.15) is 5.26 Å². The zero-order valence-corrected chi connectivity index (χ0v) is 67.6. The second-order valence-electron chi connectivity index (χ2n) is 25.3. The van der Waals surface area contributed by atoms with Gasteiger partial charge in [0.25, 0.3) is 16.3 Å². The summed E-state index contributed by atoms with van der Waals surface area (Å²) < 4.78 is 25.2.